The van der Waals surface area contributed by atoms with Crippen molar-refractivity contribution in [2.75, 3.05) is 19.6 Å². The van der Waals surface area contributed by atoms with Crippen LogP contribution in [0.25, 0.3) is 0 Å². The molecule has 2 heteroatoms. The SMILES string of the molecule is NCC1=CCNC1. The number of hydrogen-bond donors (Lipinski definition) is 2. The highest BCUT2D eigenvalue weighted by Gasteiger charge is 1.97. The van der Waals surface area contributed by atoms with Crippen molar-refractivity contribution in [2.45, 2.75) is 0 Å². The molecule has 0 amide bonds. The van der Waals surface area contributed by atoms with Crippen LogP contribution in [0.15, 0.2) is 11.6 Å². The Morgan fingerprint density at radius 3 is 3.00 bits per heavy atom. The van der Waals surface area contributed by atoms with Crippen LogP contribution < -0.4 is 11.1 Å². The first-order chi connectivity index (χ1) is 3.43. The van der Waals surface area contributed by atoms with Crippen LogP contribution in [0.3, 0.4) is 0 Å². The molecule has 1 heterocycles. The number of rotatable bonds is 1. The highest BCUT2D eigenvalue weighted by Crippen LogP contribution is 1.92. The van der Waals surface area contributed by atoms with Crippen molar-refractivity contribution in [1.29, 1.82) is 0 Å². The molecule has 0 fully saturated rings. The smallest absolute Gasteiger partial charge is 0.0180 e. The third-order valence-corrected chi connectivity index (χ3v) is 1.15. The van der Waals surface area contributed by atoms with Gasteiger partial charge in [0.25, 0.3) is 0 Å². The zero-order valence-corrected chi connectivity index (χ0v) is 4.28. The molecule has 0 saturated carbocycles. The lowest BCUT2D eigenvalue weighted by molar-refractivity contribution is 0.863. The Bertz CT molecular complexity index is 86.1. The first-order valence-electron chi connectivity index (χ1n) is 2.52. The molecule has 1 aliphatic heterocycles. The Morgan fingerprint density at radius 2 is 2.71 bits per heavy atom. The second kappa shape index (κ2) is 2.09. The summed E-state index contributed by atoms with van der Waals surface area (Å²) < 4.78 is 0. The van der Waals surface area contributed by atoms with E-state index in [2.05, 4.69) is 11.4 Å². The van der Waals surface area contributed by atoms with Crippen molar-refractivity contribution in [3.05, 3.63) is 11.6 Å². The van der Waals surface area contributed by atoms with Gasteiger partial charge in [-0.3, -0.25) is 0 Å². The molecule has 0 unspecified atom stereocenters. The lowest BCUT2D eigenvalue weighted by Gasteiger charge is -1.90. The minimum Gasteiger partial charge on any atom is -0.327 e. The molecular weight excluding hydrogens is 88.1 g/mol. The molecular formula is C5H10N2. The second-order valence-corrected chi connectivity index (χ2v) is 1.70. The maximum atomic E-state index is 5.33. The predicted octanol–water partition coefficient (Wildman–Crippen LogP) is -0.525. The van der Waals surface area contributed by atoms with Gasteiger partial charge in [-0.05, 0) is 5.57 Å². The zero-order valence-electron chi connectivity index (χ0n) is 4.28. The van der Waals surface area contributed by atoms with Gasteiger partial charge in [-0.25, -0.2) is 0 Å². The van der Waals surface area contributed by atoms with Gasteiger partial charge >= 0.3 is 0 Å². The summed E-state index contributed by atoms with van der Waals surface area (Å²) in [5.74, 6) is 0. The van der Waals surface area contributed by atoms with Gasteiger partial charge in [-0.15, -0.1) is 0 Å². The van der Waals surface area contributed by atoms with Crippen LogP contribution in [-0.2, 0) is 0 Å². The monoisotopic (exact) mass is 98.1 g/mol. The van der Waals surface area contributed by atoms with Crippen molar-refractivity contribution in [3.8, 4) is 0 Å². The molecule has 0 aromatic heterocycles. The number of hydrogen-bond acceptors (Lipinski definition) is 2. The fourth-order valence-electron chi connectivity index (χ4n) is 0.677. The maximum Gasteiger partial charge on any atom is 0.0180 e. The molecule has 0 aromatic rings. The Hall–Kier alpha value is -0.340. The molecule has 0 aliphatic carbocycles. The lowest BCUT2D eigenvalue weighted by atomic mass is 10.3. The Balaban J connectivity index is 2.36. The van der Waals surface area contributed by atoms with Crippen LogP contribution in [0.5, 0.6) is 0 Å². The minimum atomic E-state index is 0.715. The average molecular weight is 98.1 g/mol. The molecule has 0 aromatic carbocycles. The van der Waals surface area contributed by atoms with Crippen molar-refractivity contribution >= 4 is 0 Å². The first-order valence-corrected chi connectivity index (χ1v) is 2.52. The minimum absolute atomic E-state index is 0.715. The summed E-state index contributed by atoms with van der Waals surface area (Å²) in [6, 6.07) is 0. The van der Waals surface area contributed by atoms with Crippen LogP contribution in [0, 0.1) is 0 Å². The van der Waals surface area contributed by atoms with E-state index in [1.165, 1.54) is 5.57 Å². The van der Waals surface area contributed by atoms with Gasteiger partial charge in [0.15, 0.2) is 0 Å². The van der Waals surface area contributed by atoms with E-state index in [4.69, 9.17) is 5.73 Å². The maximum absolute atomic E-state index is 5.33. The van der Waals surface area contributed by atoms with Crippen molar-refractivity contribution < 1.29 is 0 Å². The van der Waals surface area contributed by atoms with E-state index in [0.717, 1.165) is 13.1 Å². The van der Waals surface area contributed by atoms with E-state index in [-0.39, 0.29) is 0 Å². The van der Waals surface area contributed by atoms with Gasteiger partial charge in [0.2, 0.25) is 0 Å². The van der Waals surface area contributed by atoms with Gasteiger partial charge in [0.05, 0.1) is 0 Å². The van der Waals surface area contributed by atoms with E-state index in [0.29, 0.717) is 6.54 Å². The molecule has 40 valence electrons. The second-order valence-electron chi connectivity index (χ2n) is 1.70. The Kier molecular flexibility index (Phi) is 1.44. The molecule has 1 aliphatic rings. The molecule has 2 nitrogen and oxygen atoms in total. The third kappa shape index (κ3) is 1.01. The van der Waals surface area contributed by atoms with Crippen LogP contribution in [0.1, 0.15) is 0 Å². The highest BCUT2D eigenvalue weighted by molar-refractivity contribution is 5.11. The zero-order chi connectivity index (χ0) is 5.11. The quantitative estimate of drug-likeness (QED) is 0.433. The third-order valence-electron chi connectivity index (χ3n) is 1.15. The Morgan fingerprint density at radius 1 is 1.86 bits per heavy atom. The molecule has 0 atom stereocenters. The van der Waals surface area contributed by atoms with Crippen LogP contribution in [0.2, 0.25) is 0 Å². The van der Waals surface area contributed by atoms with Crippen LogP contribution in [0.4, 0.5) is 0 Å². The van der Waals surface area contributed by atoms with Gasteiger partial charge in [0.1, 0.15) is 0 Å². The molecule has 3 N–H and O–H groups in total. The van der Waals surface area contributed by atoms with Crippen molar-refractivity contribution in [2.24, 2.45) is 5.73 Å². The molecule has 0 radical (unpaired) electrons. The fourth-order valence-corrected chi connectivity index (χ4v) is 0.677. The summed E-state index contributed by atoms with van der Waals surface area (Å²) in [4.78, 5) is 0. The molecule has 7 heavy (non-hydrogen) atoms. The van der Waals surface area contributed by atoms with Gasteiger partial charge in [-0.1, -0.05) is 6.08 Å². The summed E-state index contributed by atoms with van der Waals surface area (Å²) in [5, 5.41) is 3.15. The number of nitrogens with one attached hydrogen (secondary N) is 1. The van der Waals surface area contributed by atoms with E-state index in [1.807, 2.05) is 0 Å². The summed E-state index contributed by atoms with van der Waals surface area (Å²) in [6.45, 7) is 2.72. The molecule has 1 rings (SSSR count). The fraction of sp³-hybridized carbons (Fsp3) is 0.600. The summed E-state index contributed by atoms with van der Waals surface area (Å²) in [5.41, 5.74) is 6.66. The van der Waals surface area contributed by atoms with E-state index in [9.17, 15) is 0 Å². The van der Waals surface area contributed by atoms with Crippen molar-refractivity contribution in [1.82, 2.24) is 5.32 Å². The normalized spacial score (nSPS) is 19.9. The molecule has 0 saturated heterocycles. The van der Waals surface area contributed by atoms with E-state index < -0.39 is 0 Å². The summed E-state index contributed by atoms with van der Waals surface area (Å²) in [7, 11) is 0. The van der Waals surface area contributed by atoms with Gasteiger partial charge < -0.3 is 11.1 Å². The van der Waals surface area contributed by atoms with Gasteiger partial charge in [-0.2, -0.15) is 0 Å². The van der Waals surface area contributed by atoms with E-state index >= 15 is 0 Å². The van der Waals surface area contributed by atoms with Crippen LogP contribution >= 0.6 is 0 Å². The van der Waals surface area contributed by atoms with Crippen molar-refractivity contribution in [3.63, 3.8) is 0 Å². The summed E-state index contributed by atoms with van der Waals surface area (Å²) in [6.07, 6.45) is 2.14. The Labute approximate surface area is 43.4 Å². The molecule has 0 bridgehead atoms. The standard InChI is InChI=1S/C5H10N2/c6-3-5-1-2-7-4-5/h1,7H,2-4,6H2. The average Bonchev–Trinajstić information content (AvgIpc) is 2.14. The van der Waals surface area contributed by atoms with Crippen LogP contribution in [-0.4, -0.2) is 19.6 Å². The highest BCUT2D eigenvalue weighted by atomic mass is 14.9. The topological polar surface area (TPSA) is 38.0 Å². The molecule has 0 spiro atoms. The lowest BCUT2D eigenvalue weighted by Crippen LogP contribution is -2.12. The largest absolute Gasteiger partial charge is 0.327 e. The van der Waals surface area contributed by atoms with Gasteiger partial charge in [0, 0.05) is 19.6 Å². The number of nitrogens with two attached hydrogens (primary N) is 1. The predicted molar refractivity (Wildman–Crippen MR) is 30.0 cm³/mol. The van der Waals surface area contributed by atoms with E-state index in [1.54, 1.807) is 0 Å². The summed E-state index contributed by atoms with van der Waals surface area (Å²) >= 11 is 0. The first kappa shape index (κ1) is 4.81.